The Labute approximate surface area is 209 Å². The molecule has 1 aliphatic rings. The number of halogens is 1. The number of carbonyl (C=O) groups excluding carboxylic acids is 2. The van der Waals surface area contributed by atoms with Crippen LogP contribution in [0.5, 0.6) is 0 Å². The summed E-state index contributed by atoms with van der Waals surface area (Å²) >= 11 is 6.53. The third-order valence-corrected chi connectivity index (χ3v) is 6.64. The maximum absolute atomic E-state index is 13.6. The molecule has 0 aliphatic heterocycles. The van der Waals surface area contributed by atoms with Gasteiger partial charge in [-0.2, -0.15) is 5.26 Å². The Morgan fingerprint density at radius 1 is 1.09 bits per heavy atom. The van der Waals surface area contributed by atoms with Gasteiger partial charge in [-0.25, -0.2) is 0 Å². The molecule has 0 spiro atoms. The monoisotopic (exact) mass is 487 g/mol. The molecule has 2 aromatic carbocycles. The van der Waals surface area contributed by atoms with Gasteiger partial charge < -0.3 is 16.0 Å². The van der Waals surface area contributed by atoms with Gasteiger partial charge >= 0.3 is 0 Å². The SMILES string of the molecule is N#Cc1ccc(C(=O)N(Cc2cc(NC(=O)c3cccnc3)ccc2Cl)C2CCC(N)CC2)cc1. The summed E-state index contributed by atoms with van der Waals surface area (Å²) in [7, 11) is 0. The summed E-state index contributed by atoms with van der Waals surface area (Å²) in [4.78, 5) is 32.0. The third-order valence-electron chi connectivity index (χ3n) is 6.27. The van der Waals surface area contributed by atoms with Gasteiger partial charge in [-0.15, -0.1) is 0 Å². The van der Waals surface area contributed by atoms with Gasteiger partial charge in [0.25, 0.3) is 11.8 Å². The molecule has 178 valence electrons. The number of nitriles is 1. The molecular weight excluding hydrogens is 462 g/mol. The number of rotatable bonds is 6. The molecule has 3 aromatic rings. The number of anilines is 1. The number of amides is 2. The second kappa shape index (κ2) is 11.1. The highest BCUT2D eigenvalue weighted by Crippen LogP contribution is 2.29. The summed E-state index contributed by atoms with van der Waals surface area (Å²) in [5.41, 5.74) is 8.87. The number of nitrogens with two attached hydrogens (primary N) is 1. The summed E-state index contributed by atoms with van der Waals surface area (Å²) in [6, 6.07) is 17.5. The molecule has 0 atom stereocenters. The van der Waals surface area contributed by atoms with Crippen LogP contribution in [-0.2, 0) is 6.54 Å². The Morgan fingerprint density at radius 3 is 2.49 bits per heavy atom. The van der Waals surface area contributed by atoms with Crippen molar-refractivity contribution in [2.45, 2.75) is 44.3 Å². The van der Waals surface area contributed by atoms with Gasteiger partial charge in [0, 0.05) is 47.3 Å². The minimum Gasteiger partial charge on any atom is -0.331 e. The number of carbonyl (C=O) groups is 2. The zero-order chi connectivity index (χ0) is 24.8. The van der Waals surface area contributed by atoms with Crippen LogP contribution in [0.2, 0.25) is 5.02 Å². The quantitative estimate of drug-likeness (QED) is 0.520. The third kappa shape index (κ3) is 6.04. The van der Waals surface area contributed by atoms with Crippen molar-refractivity contribution in [3.05, 3.63) is 94.3 Å². The van der Waals surface area contributed by atoms with Crippen molar-refractivity contribution < 1.29 is 9.59 Å². The van der Waals surface area contributed by atoms with E-state index in [1.165, 1.54) is 6.20 Å². The van der Waals surface area contributed by atoms with Crippen LogP contribution in [-0.4, -0.2) is 33.8 Å². The van der Waals surface area contributed by atoms with E-state index in [4.69, 9.17) is 22.6 Å². The number of hydrogen-bond donors (Lipinski definition) is 2. The van der Waals surface area contributed by atoms with Crippen molar-refractivity contribution in [1.82, 2.24) is 9.88 Å². The van der Waals surface area contributed by atoms with Crippen molar-refractivity contribution in [2.75, 3.05) is 5.32 Å². The lowest BCUT2D eigenvalue weighted by molar-refractivity contribution is 0.0606. The smallest absolute Gasteiger partial charge is 0.257 e. The lowest BCUT2D eigenvalue weighted by atomic mass is 9.90. The minimum atomic E-state index is -0.279. The lowest BCUT2D eigenvalue weighted by Crippen LogP contribution is -2.44. The van der Waals surface area contributed by atoms with Gasteiger partial charge in [0.1, 0.15) is 0 Å². The van der Waals surface area contributed by atoms with Gasteiger partial charge in [0.2, 0.25) is 0 Å². The van der Waals surface area contributed by atoms with E-state index in [0.29, 0.717) is 27.4 Å². The topological polar surface area (TPSA) is 112 Å². The molecule has 0 unspecified atom stereocenters. The predicted molar refractivity (Wildman–Crippen MR) is 135 cm³/mol. The molecule has 1 heterocycles. The Hall–Kier alpha value is -3.73. The zero-order valence-corrected chi connectivity index (χ0v) is 19.9. The Morgan fingerprint density at radius 2 is 1.83 bits per heavy atom. The van der Waals surface area contributed by atoms with Crippen molar-refractivity contribution in [2.24, 2.45) is 5.73 Å². The fraction of sp³-hybridized carbons (Fsp3) is 0.259. The zero-order valence-electron chi connectivity index (χ0n) is 19.2. The molecule has 8 heteroatoms. The van der Waals surface area contributed by atoms with E-state index < -0.39 is 0 Å². The molecule has 2 amide bonds. The van der Waals surface area contributed by atoms with Gasteiger partial charge in [-0.1, -0.05) is 11.6 Å². The van der Waals surface area contributed by atoms with Crippen LogP contribution in [0.15, 0.2) is 67.0 Å². The van der Waals surface area contributed by atoms with Crippen LogP contribution in [0.3, 0.4) is 0 Å². The minimum absolute atomic E-state index is 0.0163. The number of pyridine rings is 1. The summed E-state index contributed by atoms with van der Waals surface area (Å²) in [6.45, 7) is 0.286. The summed E-state index contributed by atoms with van der Waals surface area (Å²) in [5.74, 6) is -0.408. The van der Waals surface area contributed by atoms with E-state index in [0.717, 1.165) is 31.2 Å². The van der Waals surface area contributed by atoms with E-state index in [-0.39, 0.29) is 30.4 Å². The average molecular weight is 488 g/mol. The highest BCUT2D eigenvalue weighted by atomic mass is 35.5. The summed E-state index contributed by atoms with van der Waals surface area (Å²) in [6.07, 6.45) is 6.40. The Bertz CT molecular complexity index is 1230. The number of nitrogens with one attached hydrogen (secondary N) is 1. The van der Waals surface area contributed by atoms with Gasteiger partial charge in [0.15, 0.2) is 0 Å². The second-order valence-electron chi connectivity index (χ2n) is 8.69. The Balaban J connectivity index is 1.59. The predicted octanol–water partition coefficient (Wildman–Crippen LogP) is 4.77. The first-order chi connectivity index (χ1) is 16.9. The van der Waals surface area contributed by atoms with Crippen LogP contribution in [0.1, 0.15) is 57.5 Å². The second-order valence-corrected chi connectivity index (χ2v) is 9.10. The maximum Gasteiger partial charge on any atom is 0.257 e. The fourth-order valence-electron chi connectivity index (χ4n) is 4.29. The molecule has 3 N–H and O–H groups in total. The summed E-state index contributed by atoms with van der Waals surface area (Å²) < 4.78 is 0. The van der Waals surface area contributed by atoms with Crippen molar-refractivity contribution >= 4 is 29.1 Å². The summed E-state index contributed by atoms with van der Waals surface area (Å²) in [5, 5.41) is 12.5. The molecule has 4 rings (SSSR count). The molecule has 35 heavy (non-hydrogen) atoms. The molecular formula is C27H26ClN5O2. The van der Waals surface area contributed by atoms with E-state index in [1.54, 1.807) is 60.8 Å². The van der Waals surface area contributed by atoms with Crippen LogP contribution < -0.4 is 11.1 Å². The van der Waals surface area contributed by atoms with E-state index >= 15 is 0 Å². The molecule has 1 fully saturated rings. The van der Waals surface area contributed by atoms with E-state index in [2.05, 4.69) is 16.4 Å². The van der Waals surface area contributed by atoms with Gasteiger partial charge in [0.05, 0.1) is 17.2 Å². The van der Waals surface area contributed by atoms with Gasteiger partial charge in [-0.3, -0.25) is 14.6 Å². The number of aromatic nitrogens is 1. The van der Waals surface area contributed by atoms with Crippen molar-refractivity contribution in [3.63, 3.8) is 0 Å². The lowest BCUT2D eigenvalue weighted by Gasteiger charge is -2.36. The molecule has 1 saturated carbocycles. The van der Waals surface area contributed by atoms with E-state index in [1.807, 2.05) is 4.90 Å². The van der Waals surface area contributed by atoms with Crippen LogP contribution >= 0.6 is 11.6 Å². The number of benzene rings is 2. The molecule has 0 bridgehead atoms. The normalized spacial score (nSPS) is 17.3. The number of nitrogens with zero attached hydrogens (tertiary/aromatic N) is 3. The largest absolute Gasteiger partial charge is 0.331 e. The fourth-order valence-corrected chi connectivity index (χ4v) is 4.47. The molecule has 1 aromatic heterocycles. The Kier molecular flexibility index (Phi) is 7.76. The first-order valence-corrected chi connectivity index (χ1v) is 11.9. The number of hydrogen-bond acceptors (Lipinski definition) is 5. The molecule has 0 saturated heterocycles. The molecule has 1 aliphatic carbocycles. The highest BCUT2D eigenvalue weighted by molar-refractivity contribution is 6.31. The molecule has 0 radical (unpaired) electrons. The maximum atomic E-state index is 13.6. The van der Waals surface area contributed by atoms with Crippen molar-refractivity contribution in [1.29, 1.82) is 5.26 Å². The first kappa shape index (κ1) is 24.4. The van der Waals surface area contributed by atoms with Gasteiger partial charge in [-0.05, 0) is 85.8 Å². The highest BCUT2D eigenvalue weighted by Gasteiger charge is 2.29. The van der Waals surface area contributed by atoms with Crippen LogP contribution in [0.4, 0.5) is 5.69 Å². The van der Waals surface area contributed by atoms with Crippen molar-refractivity contribution in [3.8, 4) is 6.07 Å². The van der Waals surface area contributed by atoms with Crippen LogP contribution in [0, 0.1) is 11.3 Å². The first-order valence-electron chi connectivity index (χ1n) is 11.5. The van der Waals surface area contributed by atoms with E-state index in [9.17, 15) is 9.59 Å². The van der Waals surface area contributed by atoms with Crippen LogP contribution in [0.25, 0.3) is 0 Å². The average Bonchev–Trinajstić information content (AvgIpc) is 2.89. The standard InChI is InChI=1S/C27H26ClN5O2/c28-25-12-9-23(32-26(34)20-2-1-13-31-16-20)14-21(25)17-33(24-10-7-22(30)8-11-24)27(35)19-5-3-18(15-29)4-6-19/h1-6,9,12-14,16,22,24H,7-8,10-11,17,30H2,(H,32,34). The molecule has 7 nitrogen and oxygen atoms in total.